The maximum absolute atomic E-state index is 5.35. The number of guanidine groups is 1. The first kappa shape index (κ1) is 18.9. The zero-order chi connectivity index (χ0) is 18.2. The van der Waals surface area contributed by atoms with Gasteiger partial charge >= 0.3 is 0 Å². The second-order valence-corrected chi connectivity index (χ2v) is 7.50. The molecule has 1 aliphatic carbocycles. The first-order valence-electron chi connectivity index (χ1n) is 10.2. The number of hydrogen-bond acceptors (Lipinski definition) is 3. The molecule has 0 bridgehead atoms. The summed E-state index contributed by atoms with van der Waals surface area (Å²) >= 11 is 0. The smallest absolute Gasteiger partial charge is 0.191 e. The summed E-state index contributed by atoms with van der Waals surface area (Å²) < 4.78 is 5.35. The number of benzene rings is 1. The van der Waals surface area contributed by atoms with Crippen LogP contribution in [0.1, 0.15) is 45.4 Å². The lowest BCUT2D eigenvalue weighted by molar-refractivity contribution is 0.409. The summed E-state index contributed by atoms with van der Waals surface area (Å²) in [4.78, 5) is 7.34. The molecule has 5 nitrogen and oxygen atoms in total. The van der Waals surface area contributed by atoms with Crippen molar-refractivity contribution in [1.29, 1.82) is 0 Å². The highest BCUT2D eigenvalue weighted by atomic mass is 16.5. The molecule has 1 aromatic rings. The zero-order valence-corrected chi connectivity index (χ0v) is 16.3. The second kappa shape index (κ2) is 9.70. The van der Waals surface area contributed by atoms with E-state index in [-0.39, 0.29) is 0 Å². The summed E-state index contributed by atoms with van der Waals surface area (Å²) in [5.74, 6) is 2.54. The predicted octanol–water partition coefficient (Wildman–Crippen LogP) is 3.41. The van der Waals surface area contributed by atoms with Crippen molar-refractivity contribution in [1.82, 2.24) is 10.6 Å². The van der Waals surface area contributed by atoms with Gasteiger partial charge in [-0.1, -0.05) is 25.3 Å². The molecule has 1 heterocycles. The van der Waals surface area contributed by atoms with Crippen LogP contribution in [0.3, 0.4) is 0 Å². The highest BCUT2D eigenvalue weighted by Gasteiger charge is 2.23. The Balaban J connectivity index is 1.53. The molecule has 26 heavy (non-hydrogen) atoms. The quantitative estimate of drug-likeness (QED) is 0.604. The Morgan fingerprint density at radius 1 is 1.23 bits per heavy atom. The number of hydrogen-bond donors (Lipinski definition) is 2. The molecule has 144 valence electrons. The van der Waals surface area contributed by atoms with Crippen LogP contribution in [0.5, 0.6) is 5.75 Å². The van der Waals surface area contributed by atoms with Crippen molar-refractivity contribution in [2.24, 2.45) is 10.9 Å². The molecule has 1 aliphatic heterocycles. The average Bonchev–Trinajstić information content (AvgIpc) is 3.16. The molecular formula is C21H34N4O. The third-order valence-corrected chi connectivity index (χ3v) is 5.50. The number of nitrogens with zero attached hydrogens (tertiary/aromatic N) is 2. The molecule has 0 aromatic heterocycles. The summed E-state index contributed by atoms with van der Waals surface area (Å²) in [6.45, 7) is 6.11. The zero-order valence-electron chi connectivity index (χ0n) is 16.3. The van der Waals surface area contributed by atoms with Crippen molar-refractivity contribution >= 4 is 11.6 Å². The van der Waals surface area contributed by atoms with E-state index < -0.39 is 0 Å². The third kappa shape index (κ3) is 5.29. The van der Waals surface area contributed by atoms with Crippen LogP contribution in [0, 0.1) is 5.92 Å². The van der Waals surface area contributed by atoms with Crippen molar-refractivity contribution < 1.29 is 4.74 Å². The van der Waals surface area contributed by atoms with Gasteiger partial charge in [-0.3, -0.25) is 4.99 Å². The van der Waals surface area contributed by atoms with Gasteiger partial charge in [0.05, 0.1) is 7.11 Å². The fourth-order valence-electron chi connectivity index (χ4n) is 4.00. The summed E-state index contributed by atoms with van der Waals surface area (Å²) in [5.41, 5.74) is 1.25. The Morgan fingerprint density at radius 2 is 2.08 bits per heavy atom. The lowest BCUT2D eigenvalue weighted by atomic mass is 9.96. The highest BCUT2D eigenvalue weighted by Crippen LogP contribution is 2.27. The molecule has 0 amide bonds. The van der Waals surface area contributed by atoms with E-state index >= 15 is 0 Å². The molecule has 0 spiro atoms. The van der Waals surface area contributed by atoms with Crippen molar-refractivity contribution in [3.8, 4) is 5.75 Å². The summed E-state index contributed by atoms with van der Waals surface area (Å²) in [6, 6.07) is 8.96. The average molecular weight is 359 g/mol. The van der Waals surface area contributed by atoms with E-state index in [0.29, 0.717) is 12.0 Å². The Morgan fingerprint density at radius 3 is 2.85 bits per heavy atom. The Kier molecular flexibility index (Phi) is 7.04. The largest absolute Gasteiger partial charge is 0.497 e. The van der Waals surface area contributed by atoms with Crippen molar-refractivity contribution in [3.63, 3.8) is 0 Å². The van der Waals surface area contributed by atoms with Crippen LogP contribution in [-0.4, -0.2) is 45.3 Å². The van der Waals surface area contributed by atoms with E-state index in [1.807, 2.05) is 6.07 Å². The first-order valence-corrected chi connectivity index (χ1v) is 10.2. The Bertz CT molecular complexity index is 583. The van der Waals surface area contributed by atoms with E-state index in [4.69, 9.17) is 9.73 Å². The minimum absolute atomic E-state index is 0.596. The SMILES string of the molecule is CCNC(=NCC1CCN(c2cccc(OC)c2)C1)NC1CCCCC1. The van der Waals surface area contributed by atoms with Crippen molar-refractivity contribution in [2.45, 2.75) is 51.5 Å². The van der Waals surface area contributed by atoms with Gasteiger partial charge in [0.1, 0.15) is 5.75 Å². The van der Waals surface area contributed by atoms with Gasteiger partial charge in [-0.2, -0.15) is 0 Å². The van der Waals surface area contributed by atoms with Gasteiger partial charge < -0.3 is 20.3 Å². The van der Waals surface area contributed by atoms with E-state index in [9.17, 15) is 0 Å². The van der Waals surface area contributed by atoms with Crippen LogP contribution in [-0.2, 0) is 0 Å². The fourth-order valence-corrected chi connectivity index (χ4v) is 4.00. The first-order chi connectivity index (χ1) is 12.8. The minimum Gasteiger partial charge on any atom is -0.497 e. The molecule has 5 heteroatoms. The number of anilines is 1. The topological polar surface area (TPSA) is 48.9 Å². The molecule has 0 radical (unpaired) electrons. The Hall–Kier alpha value is -1.91. The standard InChI is InChI=1S/C21H34N4O/c1-3-22-21(24-18-8-5-4-6-9-18)23-15-17-12-13-25(16-17)19-10-7-11-20(14-19)26-2/h7,10-11,14,17-18H,3-6,8-9,12-13,15-16H2,1-2H3,(H2,22,23,24). The van der Waals surface area contributed by atoms with E-state index in [2.05, 4.69) is 40.7 Å². The summed E-state index contributed by atoms with van der Waals surface area (Å²) in [5, 5.41) is 7.07. The molecule has 2 N–H and O–H groups in total. The van der Waals surface area contributed by atoms with Crippen LogP contribution >= 0.6 is 0 Å². The lowest BCUT2D eigenvalue weighted by Gasteiger charge is -2.25. The molecule has 2 aliphatic rings. The normalized spacial score (nSPS) is 21.7. The molecule has 3 rings (SSSR count). The van der Waals surface area contributed by atoms with Gasteiger partial charge in [-0.05, 0) is 44.2 Å². The molecule has 1 aromatic carbocycles. The maximum Gasteiger partial charge on any atom is 0.191 e. The minimum atomic E-state index is 0.596. The van der Waals surface area contributed by atoms with E-state index in [1.54, 1.807) is 7.11 Å². The molecular weight excluding hydrogens is 324 g/mol. The molecule has 1 unspecified atom stereocenters. The van der Waals surface area contributed by atoms with E-state index in [1.165, 1.54) is 44.2 Å². The van der Waals surface area contributed by atoms with Gasteiger partial charge in [0, 0.05) is 44.0 Å². The molecule has 1 saturated carbocycles. The molecule has 2 fully saturated rings. The van der Waals surface area contributed by atoms with Gasteiger partial charge in [-0.25, -0.2) is 0 Å². The molecule has 1 saturated heterocycles. The van der Waals surface area contributed by atoms with Gasteiger partial charge in [-0.15, -0.1) is 0 Å². The number of rotatable bonds is 6. The summed E-state index contributed by atoms with van der Waals surface area (Å²) in [6.07, 6.45) is 7.82. The van der Waals surface area contributed by atoms with Crippen LogP contribution in [0.4, 0.5) is 5.69 Å². The number of methoxy groups -OCH3 is 1. The predicted molar refractivity (Wildman–Crippen MR) is 109 cm³/mol. The number of nitrogens with one attached hydrogen (secondary N) is 2. The van der Waals surface area contributed by atoms with Crippen LogP contribution in [0.15, 0.2) is 29.3 Å². The highest BCUT2D eigenvalue weighted by molar-refractivity contribution is 5.80. The fraction of sp³-hybridized carbons (Fsp3) is 0.667. The van der Waals surface area contributed by atoms with E-state index in [0.717, 1.165) is 37.9 Å². The third-order valence-electron chi connectivity index (χ3n) is 5.50. The van der Waals surface area contributed by atoms with Gasteiger partial charge in [0.25, 0.3) is 0 Å². The lowest BCUT2D eigenvalue weighted by Crippen LogP contribution is -2.44. The maximum atomic E-state index is 5.35. The number of aliphatic imine (C=N–C) groups is 1. The number of ether oxygens (including phenoxy) is 1. The van der Waals surface area contributed by atoms with Gasteiger partial charge in [0.15, 0.2) is 5.96 Å². The van der Waals surface area contributed by atoms with Gasteiger partial charge in [0.2, 0.25) is 0 Å². The van der Waals surface area contributed by atoms with Crippen molar-refractivity contribution in [3.05, 3.63) is 24.3 Å². The second-order valence-electron chi connectivity index (χ2n) is 7.50. The van der Waals surface area contributed by atoms with Crippen LogP contribution in [0.2, 0.25) is 0 Å². The molecule has 1 atom stereocenters. The van der Waals surface area contributed by atoms with Crippen LogP contribution in [0.25, 0.3) is 0 Å². The monoisotopic (exact) mass is 358 g/mol. The summed E-state index contributed by atoms with van der Waals surface area (Å²) in [7, 11) is 1.72. The van der Waals surface area contributed by atoms with Crippen LogP contribution < -0.4 is 20.3 Å². The Labute approximate surface area is 158 Å². The van der Waals surface area contributed by atoms with Crippen molar-refractivity contribution in [2.75, 3.05) is 38.2 Å².